The molecule has 0 amide bonds. The molecule has 3 heteroatoms. The van der Waals surface area contributed by atoms with Crippen molar-refractivity contribution in [3.8, 4) is 0 Å². The van der Waals surface area contributed by atoms with Crippen LogP contribution in [0.3, 0.4) is 0 Å². The smallest absolute Gasteiger partial charge is 0.0623 e. The molecule has 0 aliphatic carbocycles. The van der Waals surface area contributed by atoms with E-state index in [4.69, 9.17) is 0 Å². The molecular formula is C16H26N2O. The standard InChI is InChI=1S/C16H26N2O/c1-3-17-16(2,13-19)12-18-10-9-15(11-18)14-7-5-4-6-8-14/h4-8,15,17,19H,3,9-13H2,1-2H3. The molecule has 0 aromatic heterocycles. The third-order valence-electron chi connectivity index (χ3n) is 4.07. The van der Waals surface area contributed by atoms with Crippen molar-refractivity contribution in [1.82, 2.24) is 10.2 Å². The van der Waals surface area contributed by atoms with Crippen molar-refractivity contribution in [3.05, 3.63) is 35.9 Å². The summed E-state index contributed by atoms with van der Waals surface area (Å²) in [5.74, 6) is 0.644. The Kier molecular flexibility index (Phi) is 4.97. The van der Waals surface area contributed by atoms with E-state index >= 15 is 0 Å². The third-order valence-corrected chi connectivity index (χ3v) is 4.07. The van der Waals surface area contributed by atoms with Gasteiger partial charge >= 0.3 is 0 Å². The number of rotatable bonds is 6. The van der Waals surface area contributed by atoms with E-state index in [0.717, 1.165) is 26.2 Å². The molecule has 2 rings (SSSR count). The summed E-state index contributed by atoms with van der Waals surface area (Å²) in [4.78, 5) is 2.47. The molecule has 1 aliphatic rings. The van der Waals surface area contributed by atoms with Crippen molar-refractivity contribution in [3.63, 3.8) is 0 Å². The van der Waals surface area contributed by atoms with Crippen LogP contribution in [0.5, 0.6) is 0 Å². The second-order valence-corrected chi connectivity index (χ2v) is 5.88. The molecule has 0 bridgehead atoms. The van der Waals surface area contributed by atoms with Crippen molar-refractivity contribution in [2.75, 3.05) is 32.8 Å². The summed E-state index contributed by atoms with van der Waals surface area (Å²) in [6, 6.07) is 10.8. The van der Waals surface area contributed by atoms with Gasteiger partial charge in [0.15, 0.2) is 0 Å². The van der Waals surface area contributed by atoms with Crippen LogP contribution in [0.2, 0.25) is 0 Å². The molecule has 0 saturated carbocycles. The van der Waals surface area contributed by atoms with Gasteiger partial charge in [-0.2, -0.15) is 0 Å². The quantitative estimate of drug-likeness (QED) is 0.821. The third kappa shape index (κ3) is 3.78. The van der Waals surface area contributed by atoms with Gasteiger partial charge in [-0.1, -0.05) is 37.3 Å². The Morgan fingerprint density at radius 3 is 2.74 bits per heavy atom. The van der Waals surface area contributed by atoms with E-state index < -0.39 is 0 Å². The van der Waals surface area contributed by atoms with Crippen molar-refractivity contribution >= 4 is 0 Å². The molecule has 1 aromatic carbocycles. The molecule has 1 aromatic rings. The van der Waals surface area contributed by atoms with Gasteiger partial charge in [-0.3, -0.25) is 0 Å². The van der Waals surface area contributed by atoms with Crippen LogP contribution in [0.4, 0.5) is 0 Å². The van der Waals surface area contributed by atoms with Gasteiger partial charge in [-0.25, -0.2) is 0 Å². The van der Waals surface area contributed by atoms with Crippen LogP contribution in [0.25, 0.3) is 0 Å². The van der Waals surface area contributed by atoms with E-state index in [9.17, 15) is 5.11 Å². The summed E-state index contributed by atoms with van der Waals surface area (Å²) in [6.45, 7) is 8.42. The molecule has 1 fully saturated rings. The first-order valence-corrected chi connectivity index (χ1v) is 7.30. The maximum atomic E-state index is 9.57. The van der Waals surface area contributed by atoms with Crippen LogP contribution in [0.15, 0.2) is 30.3 Å². The molecule has 2 atom stereocenters. The summed E-state index contributed by atoms with van der Waals surface area (Å²) in [6.07, 6.45) is 1.22. The fourth-order valence-corrected chi connectivity index (χ4v) is 3.06. The van der Waals surface area contributed by atoms with Crippen molar-refractivity contribution in [1.29, 1.82) is 0 Å². The molecule has 106 valence electrons. The van der Waals surface area contributed by atoms with Gasteiger partial charge in [0.05, 0.1) is 12.1 Å². The van der Waals surface area contributed by atoms with E-state index in [1.54, 1.807) is 0 Å². The van der Waals surface area contributed by atoms with E-state index in [2.05, 4.69) is 54.4 Å². The van der Waals surface area contributed by atoms with E-state index in [1.165, 1.54) is 12.0 Å². The second-order valence-electron chi connectivity index (χ2n) is 5.88. The van der Waals surface area contributed by atoms with Crippen molar-refractivity contribution in [2.24, 2.45) is 0 Å². The molecule has 0 spiro atoms. The Labute approximate surface area is 116 Å². The second kappa shape index (κ2) is 6.51. The van der Waals surface area contributed by atoms with Gasteiger partial charge in [0.2, 0.25) is 0 Å². The molecule has 0 radical (unpaired) electrons. The van der Waals surface area contributed by atoms with Gasteiger partial charge in [0.1, 0.15) is 0 Å². The Morgan fingerprint density at radius 1 is 1.37 bits per heavy atom. The predicted molar refractivity (Wildman–Crippen MR) is 79.4 cm³/mol. The minimum atomic E-state index is -0.180. The zero-order chi connectivity index (χ0) is 13.7. The number of likely N-dealkylation sites (N-methyl/N-ethyl adjacent to an activating group) is 1. The maximum absolute atomic E-state index is 9.57. The molecule has 3 nitrogen and oxygen atoms in total. The number of aliphatic hydroxyl groups is 1. The number of hydrogen-bond donors (Lipinski definition) is 2. The molecule has 1 heterocycles. The van der Waals surface area contributed by atoms with Crippen LogP contribution in [-0.4, -0.2) is 48.3 Å². The van der Waals surface area contributed by atoms with Crippen LogP contribution in [0, 0.1) is 0 Å². The molecule has 2 unspecified atom stereocenters. The van der Waals surface area contributed by atoms with E-state index in [0.29, 0.717) is 5.92 Å². The highest BCUT2D eigenvalue weighted by Crippen LogP contribution is 2.27. The van der Waals surface area contributed by atoms with Gasteiger partial charge in [-0.05, 0) is 37.9 Å². The van der Waals surface area contributed by atoms with Crippen LogP contribution in [0.1, 0.15) is 31.7 Å². The predicted octanol–water partition coefficient (Wildman–Crippen LogP) is 1.84. The van der Waals surface area contributed by atoms with Crippen LogP contribution in [-0.2, 0) is 0 Å². The number of likely N-dealkylation sites (tertiary alicyclic amines) is 1. The summed E-state index contributed by atoms with van der Waals surface area (Å²) in [5, 5.41) is 13.0. The Bertz CT molecular complexity index is 382. The number of nitrogens with one attached hydrogen (secondary N) is 1. The number of aliphatic hydroxyl groups excluding tert-OH is 1. The highest BCUT2D eigenvalue weighted by Gasteiger charge is 2.30. The van der Waals surface area contributed by atoms with Gasteiger partial charge in [-0.15, -0.1) is 0 Å². The van der Waals surface area contributed by atoms with Crippen LogP contribution < -0.4 is 5.32 Å². The Morgan fingerprint density at radius 2 is 2.11 bits per heavy atom. The fourth-order valence-electron chi connectivity index (χ4n) is 3.06. The highest BCUT2D eigenvalue weighted by molar-refractivity contribution is 5.21. The summed E-state index contributed by atoms with van der Waals surface area (Å²) in [5.41, 5.74) is 1.26. The average Bonchev–Trinajstić information content (AvgIpc) is 2.88. The number of nitrogens with zero attached hydrogens (tertiary/aromatic N) is 1. The minimum Gasteiger partial charge on any atom is -0.394 e. The average molecular weight is 262 g/mol. The Hall–Kier alpha value is -0.900. The normalized spacial score (nSPS) is 23.4. The monoisotopic (exact) mass is 262 g/mol. The fraction of sp³-hybridized carbons (Fsp3) is 0.625. The van der Waals surface area contributed by atoms with E-state index in [1.807, 2.05) is 0 Å². The SMILES string of the molecule is CCNC(C)(CO)CN1CCC(c2ccccc2)C1. The molecule has 19 heavy (non-hydrogen) atoms. The maximum Gasteiger partial charge on any atom is 0.0623 e. The lowest BCUT2D eigenvalue weighted by Gasteiger charge is -2.33. The number of benzene rings is 1. The van der Waals surface area contributed by atoms with Gasteiger partial charge in [0.25, 0.3) is 0 Å². The van der Waals surface area contributed by atoms with Crippen molar-refractivity contribution < 1.29 is 5.11 Å². The van der Waals surface area contributed by atoms with Gasteiger partial charge in [0, 0.05) is 13.1 Å². The summed E-state index contributed by atoms with van der Waals surface area (Å²) in [7, 11) is 0. The summed E-state index contributed by atoms with van der Waals surface area (Å²) < 4.78 is 0. The lowest BCUT2D eigenvalue weighted by molar-refractivity contribution is 0.133. The molecule has 1 aliphatic heterocycles. The van der Waals surface area contributed by atoms with Gasteiger partial charge < -0.3 is 15.3 Å². The molecule has 1 saturated heterocycles. The lowest BCUT2D eigenvalue weighted by atomic mass is 9.98. The largest absolute Gasteiger partial charge is 0.394 e. The van der Waals surface area contributed by atoms with Crippen molar-refractivity contribution in [2.45, 2.75) is 31.7 Å². The lowest BCUT2D eigenvalue weighted by Crippen LogP contribution is -2.53. The van der Waals surface area contributed by atoms with E-state index in [-0.39, 0.29) is 12.1 Å². The first-order valence-electron chi connectivity index (χ1n) is 7.30. The minimum absolute atomic E-state index is 0.180. The summed E-state index contributed by atoms with van der Waals surface area (Å²) >= 11 is 0. The molecule has 2 N–H and O–H groups in total. The zero-order valence-corrected chi connectivity index (χ0v) is 12.1. The topological polar surface area (TPSA) is 35.5 Å². The zero-order valence-electron chi connectivity index (χ0n) is 12.1. The van der Waals surface area contributed by atoms with Crippen LogP contribution >= 0.6 is 0 Å². The first kappa shape index (κ1) is 14.5. The number of hydrogen-bond acceptors (Lipinski definition) is 3. The highest BCUT2D eigenvalue weighted by atomic mass is 16.3. The first-order chi connectivity index (χ1) is 9.17. The molecular weight excluding hydrogens is 236 g/mol. The Balaban J connectivity index is 1.92.